The zero-order valence-electron chi connectivity index (χ0n) is 17.5. The second-order valence-corrected chi connectivity index (χ2v) is 7.92. The van der Waals surface area contributed by atoms with E-state index in [2.05, 4.69) is 16.0 Å². The molecule has 3 rings (SSSR count). The zero-order chi connectivity index (χ0) is 24.7. The minimum atomic E-state index is -4.80. The van der Waals surface area contributed by atoms with Crippen LogP contribution in [0.3, 0.4) is 0 Å². The van der Waals surface area contributed by atoms with E-state index in [4.69, 9.17) is 0 Å². The molecule has 0 saturated heterocycles. The van der Waals surface area contributed by atoms with E-state index in [0.717, 1.165) is 18.2 Å². The molecule has 0 fully saturated rings. The molecule has 178 valence electrons. The Hall–Kier alpha value is -3.73. The predicted octanol–water partition coefficient (Wildman–Crippen LogP) is 5.31. The summed E-state index contributed by atoms with van der Waals surface area (Å²) < 4.78 is 53.7. The number of alkyl halides is 3. The first-order valence-electron chi connectivity index (χ1n) is 10.0. The smallest absolute Gasteiger partial charge is 0.352 e. The van der Waals surface area contributed by atoms with E-state index in [1.54, 1.807) is 16.8 Å². The molecule has 2 aromatic carbocycles. The van der Waals surface area contributed by atoms with Crippen molar-refractivity contribution in [2.45, 2.75) is 19.0 Å². The predicted molar refractivity (Wildman–Crippen MR) is 120 cm³/mol. The number of halogens is 4. The van der Waals surface area contributed by atoms with Gasteiger partial charge < -0.3 is 16.0 Å². The highest BCUT2D eigenvalue weighted by Gasteiger charge is 2.34. The molecule has 0 aliphatic carbocycles. The molecule has 0 atom stereocenters. The summed E-state index contributed by atoms with van der Waals surface area (Å²) in [5.41, 5.74) is -1.17. The van der Waals surface area contributed by atoms with Gasteiger partial charge in [0.05, 0.1) is 11.3 Å². The number of hydrogen-bond donors (Lipinski definition) is 3. The average Bonchev–Trinajstić information content (AvgIpc) is 3.32. The molecule has 0 saturated carbocycles. The number of thiophene rings is 1. The zero-order valence-corrected chi connectivity index (χ0v) is 18.4. The van der Waals surface area contributed by atoms with E-state index in [1.165, 1.54) is 29.5 Å². The number of nitrogens with one attached hydrogen (secondary N) is 3. The van der Waals surface area contributed by atoms with Gasteiger partial charge in [-0.1, -0.05) is 0 Å². The van der Waals surface area contributed by atoms with Crippen molar-refractivity contribution in [3.63, 3.8) is 0 Å². The Labute approximate surface area is 196 Å². The molecular weight excluding hydrogens is 474 g/mol. The van der Waals surface area contributed by atoms with Gasteiger partial charge in [0, 0.05) is 35.2 Å². The van der Waals surface area contributed by atoms with E-state index >= 15 is 0 Å². The molecule has 1 aromatic heterocycles. The molecule has 0 unspecified atom stereocenters. The average molecular weight is 493 g/mol. The van der Waals surface area contributed by atoms with E-state index in [1.807, 2.05) is 0 Å². The van der Waals surface area contributed by atoms with Gasteiger partial charge in [-0.3, -0.25) is 14.4 Å². The summed E-state index contributed by atoms with van der Waals surface area (Å²) in [5.74, 6) is -2.21. The molecule has 0 bridgehead atoms. The normalized spacial score (nSPS) is 11.1. The molecule has 3 N–H and O–H groups in total. The van der Waals surface area contributed by atoms with Gasteiger partial charge in [-0.15, -0.1) is 0 Å². The van der Waals surface area contributed by atoms with Crippen LogP contribution >= 0.6 is 11.3 Å². The third-order valence-corrected chi connectivity index (χ3v) is 5.30. The van der Waals surface area contributed by atoms with Crippen molar-refractivity contribution >= 4 is 40.4 Å². The Morgan fingerprint density at radius 3 is 2.26 bits per heavy atom. The summed E-state index contributed by atoms with van der Waals surface area (Å²) in [4.78, 5) is 36.2. The van der Waals surface area contributed by atoms with Crippen molar-refractivity contribution in [3.05, 3.63) is 81.8 Å². The van der Waals surface area contributed by atoms with Crippen LogP contribution in [0.1, 0.15) is 39.1 Å². The lowest BCUT2D eigenvalue weighted by atomic mass is 10.1. The number of carbonyl (C=O) groups excluding carboxylic acids is 3. The van der Waals surface area contributed by atoms with Gasteiger partial charge in [0.25, 0.3) is 11.8 Å². The van der Waals surface area contributed by atoms with E-state index in [0.29, 0.717) is 11.6 Å². The van der Waals surface area contributed by atoms with Crippen LogP contribution in [0.5, 0.6) is 0 Å². The second kappa shape index (κ2) is 10.9. The first-order valence-corrected chi connectivity index (χ1v) is 11.0. The molecule has 11 heteroatoms. The standard InChI is InChI=1S/C23H19F4N3O3S/c24-16-5-3-14(4-6-16)22(33)29-17-7-8-19(18(12-17)23(25,26)27)30-20(31)2-1-10-28-21(32)15-9-11-34-13-15/h3-9,11-13H,1-2,10H2,(H,28,32)(H,29,33)(H,30,31). The molecule has 6 nitrogen and oxygen atoms in total. The maximum Gasteiger partial charge on any atom is 0.418 e. The molecule has 1 heterocycles. The van der Waals surface area contributed by atoms with Crippen molar-refractivity contribution in [1.82, 2.24) is 5.32 Å². The largest absolute Gasteiger partial charge is 0.418 e. The lowest BCUT2D eigenvalue weighted by molar-refractivity contribution is -0.136. The van der Waals surface area contributed by atoms with Crippen LogP contribution in [0.25, 0.3) is 0 Å². The van der Waals surface area contributed by atoms with Gasteiger partial charge in [0.15, 0.2) is 0 Å². The van der Waals surface area contributed by atoms with Gasteiger partial charge in [-0.2, -0.15) is 24.5 Å². The highest BCUT2D eigenvalue weighted by molar-refractivity contribution is 7.08. The van der Waals surface area contributed by atoms with Gasteiger partial charge >= 0.3 is 6.18 Å². The Morgan fingerprint density at radius 1 is 0.882 bits per heavy atom. The quantitative estimate of drug-likeness (QED) is 0.294. The Kier molecular flexibility index (Phi) is 8.00. The third kappa shape index (κ3) is 6.88. The number of anilines is 2. The molecule has 34 heavy (non-hydrogen) atoms. The monoisotopic (exact) mass is 493 g/mol. The maximum absolute atomic E-state index is 13.6. The SMILES string of the molecule is O=C(CCCNC(=O)c1ccsc1)Nc1ccc(NC(=O)c2ccc(F)cc2)cc1C(F)(F)F. The molecule has 0 aliphatic rings. The van der Waals surface area contributed by atoms with Crippen LogP contribution in [0, 0.1) is 5.82 Å². The number of benzene rings is 2. The molecule has 0 aliphatic heterocycles. The van der Waals surface area contributed by atoms with Crippen LogP contribution in [-0.4, -0.2) is 24.3 Å². The Morgan fingerprint density at radius 2 is 1.62 bits per heavy atom. The van der Waals surface area contributed by atoms with Crippen LogP contribution in [0.2, 0.25) is 0 Å². The van der Waals surface area contributed by atoms with Gasteiger partial charge in [-0.05, 0) is 60.3 Å². The summed E-state index contributed by atoms with van der Waals surface area (Å²) in [7, 11) is 0. The Bertz CT molecular complexity index is 1160. The number of rotatable bonds is 8. The molecule has 0 spiro atoms. The maximum atomic E-state index is 13.6. The number of hydrogen-bond acceptors (Lipinski definition) is 4. The highest BCUT2D eigenvalue weighted by Crippen LogP contribution is 2.36. The molecule has 3 aromatic rings. The van der Waals surface area contributed by atoms with Gasteiger partial charge in [-0.25, -0.2) is 4.39 Å². The summed E-state index contributed by atoms with van der Waals surface area (Å²) >= 11 is 1.37. The van der Waals surface area contributed by atoms with Crippen molar-refractivity contribution in [3.8, 4) is 0 Å². The van der Waals surface area contributed by atoms with Crippen LogP contribution in [-0.2, 0) is 11.0 Å². The molecule has 3 amide bonds. The minimum absolute atomic E-state index is 0.0680. The van der Waals surface area contributed by atoms with Crippen molar-refractivity contribution < 1.29 is 31.9 Å². The van der Waals surface area contributed by atoms with Gasteiger partial charge in [0.1, 0.15) is 5.82 Å². The first kappa shape index (κ1) is 24.9. The van der Waals surface area contributed by atoms with Crippen LogP contribution in [0.4, 0.5) is 28.9 Å². The van der Waals surface area contributed by atoms with Crippen molar-refractivity contribution in [2.24, 2.45) is 0 Å². The fourth-order valence-corrected chi connectivity index (χ4v) is 3.57. The number of amides is 3. The third-order valence-electron chi connectivity index (χ3n) is 4.61. The summed E-state index contributed by atoms with van der Waals surface area (Å²) in [6.45, 7) is 0.183. The lowest BCUT2D eigenvalue weighted by Gasteiger charge is -2.16. The lowest BCUT2D eigenvalue weighted by Crippen LogP contribution is -2.25. The summed E-state index contributed by atoms with van der Waals surface area (Å²) in [5, 5.41) is 10.6. The molecule has 0 radical (unpaired) electrons. The number of carbonyl (C=O) groups is 3. The molecular formula is C23H19F4N3O3S. The summed E-state index contributed by atoms with van der Waals surface area (Å²) in [6.07, 6.45) is -4.67. The highest BCUT2D eigenvalue weighted by atomic mass is 32.1. The first-order chi connectivity index (χ1) is 16.1. The van der Waals surface area contributed by atoms with Crippen LogP contribution < -0.4 is 16.0 Å². The summed E-state index contributed by atoms with van der Waals surface area (Å²) in [6, 6.07) is 9.13. The minimum Gasteiger partial charge on any atom is -0.352 e. The second-order valence-electron chi connectivity index (χ2n) is 7.14. The van der Waals surface area contributed by atoms with Gasteiger partial charge in [0.2, 0.25) is 5.91 Å². The van der Waals surface area contributed by atoms with Crippen LogP contribution in [0.15, 0.2) is 59.3 Å². The van der Waals surface area contributed by atoms with Crippen molar-refractivity contribution in [2.75, 3.05) is 17.2 Å². The van der Waals surface area contributed by atoms with E-state index in [9.17, 15) is 31.9 Å². The topological polar surface area (TPSA) is 87.3 Å². The Balaban J connectivity index is 1.59. The fourth-order valence-electron chi connectivity index (χ4n) is 2.93. The van der Waals surface area contributed by atoms with E-state index in [-0.39, 0.29) is 36.5 Å². The fraction of sp³-hybridized carbons (Fsp3) is 0.174. The van der Waals surface area contributed by atoms with E-state index < -0.39 is 35.1 Å². The van der Waals surface area contributed by atoms with Crippen molar-refractivity contribution in [1.29, 1.82) is 0 Å².